The van der Waals surface area contributed by atoms with Gasteiger partial charge in [0.2, 0.25) is 0 Å². The Labute approximate surface area is 121 Å². The number of nitrogens with one attached hydrogen (secondary N) is 1. The van der Waals surface area contributed by atoms with Crippen LogP contribution in [0.3, 0.4) is 0 Å². The topological polar surface area (TPSA) is 68.0 Å². The molecule has 98 valence electrons. The minimum atomic E-state index is -0.428. The number of carbonyl (C=O) groups is 1. The summed E-state index contributed by atoms with van der Waals surface area (Å²) < 4.78 is 0.473. The number of halogens is 1. The van der Waals surface area contributed by atoms with Crippen molar-refractivity contribution >= 4 is 34.2 Å². The van der Waals surface area contributed by atoms with Crippen LogP contribution in [0.15, 0.2) is 0 Å². The molecule has 0 radical (unpaired) electrons. The molecule has 1 amide bonds. The highest BCUT2D eigenvalue weighted by Crippen LogP contribution is 2.38. The molecular formula is C13H18IN3O. The third-order valence-corrected chi connectivity index (χ3v) is 5.48. The lowest BCUT2D eigenvalue weighted by atomic mass is 9.79. The van der Waals surface area contributed by atoms with E-state index >= 15 is 0 Å². The van der Waals surface area contributed by atoms with E-state index < -0.39 is 11.6 Å². The van der Waals surface area contributed by atoms with Crippen molar-refractivity contribution in [1.29, 1.82) is 10.7 Å². The van der Waals surface area contributed by atoms with Gasteiger partial charge in [-0.1, -0.05) is 54.7 Å². The van der Waals surface area contributed by atoms with Crippen LogP contribution in [-0.4, -0.2) is 33.5 Å². The molecule has 2 aliphatic rings. The Morgan fingerprint density at radius 1 is 1.28 bits per heavy atom. The van der Waals surface area contributed by atoms with E-state index in [4.69, 9.17) is 10.7 Å². The van der Waals surface area contributed by atoms with E-state index in [1.54, 1.807) is 11.0 Å². The monoisotopic (exact) mass is 359 g/mol. The van der Waals surface area contributed by atoms with Gasteiger partial charge in [-0.3, -0.25) is 10.2 Å². The molecule has 2 unspecified atom stereocenters. The van der Waals surface area contributed by atoms with E-state index in [0.29, 0.717) is 16.4 Å². The molecule has 2 atom stereocenters. The zero-order chi connectivity index (χ0) is 13.1. The van der Waals surface area contributed by atoms with Crippen LogP contribution >= 0.6 is 22.6 Å². The number of nitrogens with zero attached hydrogens (tertiary/aromatic N) is 2. The summed E-state index contributed by atoms with van der Waals surface area (Å²) in [4.78, 5) is 13.5. The van der Waals surface area contributed by atoms with Gasteiger partial charge in [-0.2, -0.15) is 5.26 Å². The van der Waals surface area contributed by atoms with Crippen molar-refractivity contribution in [3.63, 3.8) is 0 Å². The molecule has 0 bridgehead atoms. The Kier molecular flexibility index (Phi) is 4.60. The Morgan fingerprint density at radius 2 is 1.94 bits per heavy atom. The Hall–Kier alpha value is -0.640. The highest BCUT2D eigenvalue weighted by molar-refractivity contribution is 14.1. The predicted octanol–water partition coefficient (Wildman–Crippen LogP) is 2.37. The lowest BCUT2D eigenvalue weighted by Gasteiger charge is -2.28. The summed E-state index contributed by atoms with van der Waals surface area (Å²) in [7, 11) is 0. The molecule has 1 heterocycles. The number of likely N-dealkylation sites (tertiary alicyclic amines) is 1. The molecule has 18 heavy (non-hydrogen) atoms. The van der Waals surface area contributed by atoms with Gasteiger partial charge in [0.1, 0.15) is 6.07 Å². The molecule has 2 rings (SSSR count). The predicted molar refractivity (Wildman–Crippen MR) is 77.8 cm³/mol. The van der Waals surface area contributed by atoms with Crippen LogP contribution in [0.25, 0.3) is 0 Å². The van der Waals surface area contributed by atoms with Gasteiger partial charge in [0.15, 0.2) is 5.71 Å². The first-order chi connectivity index (χ1) is 8.63. The van der Waals surface area contributed by atoms with Crippen molar-refractivity contribution in [1.82, 2.24) is 4.90 Å². The van der Waals surface area contributed by atoms with E-state index in [1.807, 2.05) is 0 Å². The van der Waals surface area contributed by atoms with Crippen molar-refractivity contribution in [2.75, 3.05) is 13.1 Å². The molecule has 1 aliphatic heterocycles. The van der Waals surface area contributed by atoms with Crippen molar-refractivity contribution in [2.45, 2.75) is 36.0 Å². The highest BCUT2D eigenvalue weighted by atomic mass is 127. The second-order valence-electron chi connectivity index (χ2n) is 5.27. The molecule has 0 spiro atoms. The number of nitriles is 1. The second-order valence-corrected chi connectivity index (χ2v) is 6.87. The van der Waals surface area contributed by atoms with Gasteiger partial charge in [-0.15, -0.1) is 0 Å². The van der Waals surface area contributed by atoms with E-state index in [9.17, 15) is 4.79 Å². The van der Waals surface area contributed by atoms with E-state index in [2.05, 4.69) is 22.6 Å². The Bertz CT molecular complexity index is 384. The first-order valence-electron chi connectivity index (χ1n) is 6.55. The van der Waals surface area contributed by atoms with Crippen molar-refractivity contribution in [3.8, 4) is 6.07 Å². The van der Waals surface area contributed by atoms with Gasteiger partial charge in [-0.05, 0) is 11.8 Å². The summed E-state index contributed by atoms with van der Waals surface area (Å²) in [6.45, 7) is 1.44. The molecular weight excluding hydrogens is 341 g/mol. The van der Waals surface area contributed by atoms with E-state index in [0.717, 1.165) is 12.5 Å². The maximum Gasteiger partial charge on any atom is 0.282 e. The summed E-state index contributed by atoms with van der Waals surface area (Å²) in [5.74, 6) is 0.897. The normalized spacial score (nSPS) is 29.0. The third-order valence-electron chi connectivity index (χ3n) is 4.16. The maximum absolute atomic E-state index is 11.8. The van der Waals surface area contributed by atoms with Crippen LogP contribution < -0.4 is 0 Å². The van der Waals surface area contributed by atoms with Gasteiger partial charge in [0, 0.05) is 17.0 Å². The lowest BCUT2D eigenvalue weighted by molar-refractivity contribution is -0.123. The smallest absolute Gasteiger partial charge is 0.282 e. The van der Waals surface area contributed by atoms with E-state index in [1.165, 1.54) is 32.1 Å². The van der Waals surface area contributed by atoms with E-state index in [-0.39, 0.29) is 0 Å². The fourth-order valence-corrected chi connectivity index (χ4v) is 4.46. The number of hydrogen-bond donors (Lipinski definition) is 1. The molecule has 2 fully saturated rings. The van der Waals surface area contributed by atoms with Crippen molar-refractivity contribution in [2.24, 2.45) is 11.8 Å². The van der Waals surface area contributed by atoms with Crippen molar-refractivity contribution in [3.05, 3.63) is 0 Å². The molecule has 1 aliphatic carbocycles. The molecule has 4 nitrogen and oxygen atoms in total. The average molecular weight is 359 g/mol. The quantitative estimate of drug-likeness (QED) is 0.467. The minimum Gasteiger partial charge on any atom is -0.335 e. The van der Waals surface area contributed by atoms with Crippen molar-refractivity contribution < 1.29 is 4.79 Å². The zero-order valence-electron chi connectivity index (χ0n) is 10.4. The molecule has 0 aromatic heterocycles. The molecule has 0 aromatic carbocycles. The molecule has 1 saturated carbocycles. The third kappa shape index (κ3) is 2.85. The van der Waals surface area contributed by atoms with Gasteiger partial charge >= 0.3 is 0 Å². The van der Waals surface area contributed by atoms with Gasteiger partial charge in [0.25, 0.3) is 5.91 Å². The second kappa shape index (κ2) is 6.00. The average Bonchev–Trinajstić information content (AvgIpc) is 2.80. The largest absolute Gasteiger partial charge is 0.335 e. The van der Waals surface area contributed by atoms with Crippen LogP contribution in [-0.2, 0) is 4.79 Å². The van der Waals surface area contributed by atoms with Crippen LogP contribution in [0.4, 0.5) is 0 Å². The standard InChI is InChI=1S/C13H18IN3O/c14-11-8-17(13(18)12(16)6-15)7-10(11)9-4-2-1-3-5-9/h9-11,16H,1-5,7-8H2. The number of rotatable bonds is 2. The fraction of sp³-hybridized carbons (Fsp3) is 0.769. The van der Waals surface area contributed by atoms with Gasteiger partial charge < -0.3 is 4.90 Å². The number of hydrogen-bond acceptors (Lipinski definition) is 3. The summed E-state index contributed by atoms with van der Waals surface area (Å²) in [6.07, 6.45) is 6.53. The number of amides is 1. The molecule has 5 heteroatoms. The van der Waals surface area contributed by atoms with Crippen LogP contribution in [0, 0.1) is 28.6 Å². The molecule has 0 aromatic rings. The summed E-state index contributed by atoms with van der Waals surface area (Å²) >= 11 is 2.43. The number of carbonyl (C=O) groups excluding carboxylic acids is 1. The molecule has 1 saturated heterocycles. The summed E-state index contributed by atoms with van der Waals surface area (Å²) in [6, 6.07) is 1.64. The highest BCUT2D eigenvalue weighted by Gasteiger charge is 2.39. The molecule has 1 N–H and O–H groups in total. The lowest BCUT2D eigenvalue weighted by Crippen LogP contribution is -2.34. The van der Waals surface area contributed by atoms with Gasteiger partial charge in [0.05, 0.1) is 0 Å². The Balaban J connectivity index is 1.98. The fourth-order valence-electron chi connectivity index (χ4n) is 3.17. The van der Waals surface area contributed by atoms with Crippen LogP contribution in [0.1, 0.15) is 32.1 Å². The van der Waals surface area contributed by atoms with Gasteiger partial charge in [-0.25, -0.2) is 0 Å². The van der Waals surface area contributed by atoms with Crippen LogP contribution in [0.5, 0.6) is 0 Å². The number of alkyl halides is 1. The Morgan fingerprint density at radius 3 is 2.56 bits per heavy atom. The SMILES string of the molecule is N#CC(=N)C(=O)N1CC(I)C(C2CCCCC2)C1. The zero-order valence-corrected chi connectivity index (χ0v) is 12.5. The minimum absolute atomic E-state index is 0.391. The maximum atomic E-state index is 11.8. The van der Waals surface area contributed by atoms with Crippen LogP contribution in [0.2, 0.25) is 0 Å². The summed E-state index contributed by atoms with van der Waals surface area (Å²) in [5, 5.41) is 16.0. The first-order valence-corrected chi connectivity index (χ1v) is 7.80. The first kappa shape index (κ1) is 13.8. The summed E-state index contributed by atoms with van der Waals surface area (Å²) in [5.41, 5.74) is -0.428.